The molecule has 0 spiro atoms. The Kier molecular flexibility index (Phi) is 3.61. The van der Waals surface area contributed by atoms with Crippen molar-refractivity contribution in [3.63, 3.8) is 0 Å². The topological polar surface area (TPSA) is 38.0 Å². The van der Waals surface area contributed by atoms with E-state index in [1.54, 1.807) is 0 Å². The van der Waals surface area contributed by atoms with E-state index in [4.69, 9.17) is 0 Å². The fourth-order valence-corrected chi connectivity index (χ4v) is 5.05. The van der Waals surface area contributed by atoms with Gasteiger partial charge in [-0.2, -0.15) is 0 Å². The number of nitrogens with one attached hydrogen (secondary N) is 3. The number of amidine groups is 1. The zero-order valence-corrected chi connectivity index (χ0v) is 14.4. The highest BCUT2D eigenvalue weighted by Crippen LogP contribution is 2.34. The van der Waals surface area contributed by atoms with Crippen LogP contribution in [0.1, 0.15) is 62.5 Å². The predicted octanol–water partition coefficient (Wildman–Crippen LogP) is 1.93. The molecule has 2 aliphatic carbocycles. The Balaban J connectivity index is 1.33. The Labute approximate surface area is 144 Å². The second-order valence-electron chi connectivity index (χ2n) is 8.02. The van der Waals surface area contributed by atoms with Crippen molar-refractivity contribution < 1.29 is 4.99 Å². The highest BCUT2D eigenvalue weighted by Gasteiger charge is 2.37. The van der Waals surface area contributed by atoms with Crippen LogP contribution in [0, 0.1) is 5.92 Å². The van der Waals surface area contributed by atoms with Gasteiger partial charge in [0, 0.05) is 11.7 Å². The quantitative estimate of drug-likeness (QED) is 0.778. The summed E-state index contributed by atoms with van der Waals surface area (Å²) in [4.78, 5) is 3.71. The van der Waals surface area contributed by atoms with E-state index in [2.05, 4.69) is 46.0 Å². The molecule has 5 rings (SSSR count). The van der Waals surface area contributed by atoms with E-state index >= 15 is 0 Å². The molecule has 3 nitrogen and oxygen atoms in total. The molecule has 4 atom stereocenters. The van der Waals surface area contributed by atoms with E-state index in [1.165, 1.54) is 74.0 Å². The van der Waals surface area contributed by atoms with Gasteiger partial charge in [0.25, 0.3) is 5.84 Å². The Hall–Kier alpha value is -1.77. The van der Waals surface area contributed by atoms with Gasteiger partial charge in [-0.25, -0.2) is 0 Å². The SMILES string of the molecule is C1=C(c2ccc(C3=[NH+]C4CCCCC4N3)cc2)NC2CCCCC12. The van der Waals surface area contributed by atoms with Crippen LogP contribution in [0.15, 0.2) is 30.3 Å². The van der Waals surface area contributed by atoms with Crippen LogP contribution in [0.25, 0.3) is 5.70 Å². The van der Waals surface area contributed by atoms with Crippen molar-refractivity contribution in [3.05, 3.63) is 41.5 Å². The minimum absolute atomic E-state index is 0.635. The van der Waals surface area contributed by atoms with Gasteiger partial charge in [-0.15, -0.1) is 0 Å². The summed E-state index contributed by atoms with van der Waals surface area (Å²) in [7, 11) is 0. The van der Waals surface area contributed by atoms with Crippen LogP contribution in [-0.4, -0.2) is 24.0 Å². The lowest BCUT2D eigenvalue weighted by molar-refractivity contribution is -0.498. The van der Waals surface area contributed by atoms with Crippen LogP contribution in [0.4, 0.5) is 0 Å². The molecule has 3 N–H and O–H groups in total. The van der Waals surface area contributed by atoms with Crippen LogP contribution in [0.5, 0.6) is 0 Å². The van der Waals surface area contributed by atoms with Crippen molar-refractivity contribution >= 4 is 11.5 Å². The molecule has 2 aliphatic heterocycles. The minimum Gasteiger partial charge on any atom is -0.381 e. The van der Waals surface area contributed by atoms with E-state index < -0.39 is 0 Å². The second-order valence-corrected chi connectivity index (χ2v) is 8.02. The first-order chi connectivity index (χ1) is 11.9. The number of benzene rings is 1. The van der Waals surface area contributed by atoms with Crippen LogP contribution in [-0.2, 0) is 0 Å². The standard InChI is InChI=1S/C21H27N3/c1-2-6-17-16(5-1)13-20(22-17)14-9-11-15(12-10-14)21-23-18-7-3-4-8-19(18)24-21/h9-13,16-19,22H,1-8H2,(H,23,24)/p+1. The number of hydrogen-bond acceptors (Lipinski definition) is 2. The molecule has 2 saturated carbocycles. The first-order valence-corrected chi connectivity index (χ1v) is 9.86. The molecular weight excluding hydrogens is 294 g/mol. The Bertz CT molecular complexity index is 614. The zero-order chi connectivity index (χ0) is 15.9. The van der Waals surface area contributed by atoms with E-state index in [0.717, 1.165) is 5.92 Å². The van der Waals surface area contributed by atoms with E-state index in [0.29, 0.717) is 18.1 Å². The van der Waals surface area contributed by atoms with E-state index in [1.807, 2.05) is 0 Å². The van der Waals surface area contributed by atoms with Crippen LogP contribution in [0.3, 0.4) is 0 Å². The van der Waals surface area contributed by atoms with Crippen molar-refractivity contribution in [1.29, 1.82) is 0 Å². The molecular formula is C21H28N3+. The van der Waals surface area contributed by atoms with Crippen molar-refractivity contribution in [2.45, 2.75) is 69.5 Å². The molecule has 0 aromatic heterocycles. The largest absolute Gasteiger partial charge is 0.381 e. The van der Waals surface area contributed by atoms with Gasteiger partial charge in [0.1, 0.15) is 12.1 Å². The van der Waals surface area contributed by atoms with Crippen molar-refractivity contribution in [1.82, 2.24) is 10.6 Å². The monoisotopic (exact) mass is 322 g/mol. The molecule has 2 fully saturated rings. The van der Waals surface area contributed by atoms with Crippen molar-refractivity contribution in [3.8, 4) is 0 Å². The maximum Gasteiger partial charge on any atom is 0.275 e. The first kappa shape index (κ1) is 14.6. The maximum atomic E-state index is 3.76. The summed E-state index contributed by atoms with van der Waals surface area (Å²) < 4.78 is 0. The average Bonchev–Trinajstić information content (AvgIpc) is 3.25. The summed E-state index contributed by atoms with van der Waals surface area (Å²) in [5.41, 5.74) is 3.98. The van der Waals surface area contributed by atoms with Crippen LogP contribution < -0.4 is 15.6 Å². The van der Waals surface area contributed by atoms with Crippen molar-refractivity contribution in [2.24, 2.45) is 5.92 Å². The molecule has 3 heteroatoms. The third-order valence-electron chi connectivity index (χ3n) is 6.45. The van der Waals surface area contributed by atoms with Crippen molar-refractivity contribution in [2.75, 3.05) is 0 Å². The fraction of sp³-hybridized carbons (Fsp3) is 0.571. The second kappa shape index (κ2) is 5.94. The third kappa shape index (κ3) is 2.54. The summed E-state index contributed by atoms with van der Waals surface area (Å²) in [6, 6.07) is 11.1. The summed E-state index contributed by atoms with van der Waals surface area (Å²) >= 11 is 0. The summed E-state index contributed by atoms with van der Waals surface area (Å²) in [5.74, 6) is 1.99. The zero-order valence-electron chi connectivity index (χ0n) is 14.4. The first-order valence-electron chi connectivity index (χ1n) is 9.86. The molecule has 0 amide bonds. The molecule has 126 valence electrons. The number of hydrogen-bond donors (Lipinski definition) is 3. The van der Waals surface area contributed by atoms with Gasteiger partial charge in [-0.3, -0.25) is 10.3 Å². The lowest BCUT2D eigenvalue weighted by Gasteiger charge is -2.25. The van der Waals surface area contributed by atoms with Gasteiger partial charge >= 0.3 is 0 Å². The highest BCUT2D eigenvalue weighted by atomic mass is 15.1. The van der Waals surface area contributed by atoms with Gasteiger partial charge in [0.05, 0.1) is 5.56 Å². The third-order valence-corrected chi connectivity index (χ3v) is 6.45. The lowest BCUT2D eigenvalue weighted by atomic mass is 9.86. The molecule has 0 radical (unpaired) electrons. The van der Waals surface area contributed by atoms with Gasteiger partial charge in [0.2, 0.25) is 0 Å². The van der Waals surface area contributed by atoms with Gasteiger partial charge in [-0.1, -0.05) is 31.1 Å². The molecule has 24 heavy (non-hydrogen) atoms. The Morgan fingerprint density at radius 2 is 1.46 bits per heavy atom. The number of rotatable bonds is 2. The van der Waals surface area contributed by atoms with Gasteiger partial charge in [0.15, 0.2) is 0 Å². The summed E-state index contributed by atoms with van der Waals surface area (Å²) in [6.45, 7) is 0. The summed E-state index contributed by atoms with van der Waals surface area (Å²) in [6.07, 6.45) is 13.3. The lowest BCUT2D eigenvalue weighted by Crippen LogP contribution is -2.78. The molecule has 4 aliphatic rings. The van der Waals surface area contributed by atoms with Crippen LogP contribution in [0.2, 0.25) is 0 Å². The Morgan fingerprint density at radius 3 is 2.25 bits per heavy atom. The predicted molar refractivity (Wildman–Crippen MR) is 97.6 cm³/mol. The average molecular weight is 322 g/mol. The van der Waals surface area contributed by atoms with E-state index in [9.17, 15) is 0 Å². The van der Waals surface area contributed by atoms with Gasteiger partial charge in [-0.05, 0) is 62.1 Å². The Morgan fingerprint density at radius 1 is 0.750 bits per heavy atom. The normalized spacial score (nSPS) is 34.5. The molecule has 1 aromatic rings. The summed E-state index contributed by atoms with van der Waals surface area (Å²) in [5, 5.41) is 7.48. The highest BCUT2D eigenvalue weighted by molar-refractivity contribution is 5.95. The molecule has 1 aromatic carbocycles. The van der Waals surface area contributed by atoms with Gasteiger partial charge < -0.3 is 5.32 Å². The molecule has 0 saturated heterocycles. The smallest absolute Gasteiger partial charge is 0.275 e. The van der Waals surface area contributed by atoms with E-state index in [-0.39, 0.29) is 0 Å². The molecule has 2 heterocycles. The maximum absolute atomic E-state index is 3.76. The fourth-order valence-electron chi connectivity index (χ4n) is 5.05. The minimum atomic E-state index is 0.635. The molecule has 0 bridgehead atoms. The van der Waals surface area contributed by atoms with Crippen LogP contribution >= 0.6 is 0 Å². The number of fused-ring (bicyclic) bond motifs is 2. The molecule has 4 unspecified atom stereocenters.